The molecule has 2 unspecified atom stereocenters. The molecule has 7 rings (SSSR count). The van der Waals surface area contributed by atoms with Crippen LogP contribution in [0, 0.1) is 0 Å². The van der Waals surface area contributed by atoms with Crippen molar-refractivity contribution in [1.29, 1.82) is 0 Å². The summed E-state index contributed by atoms with van der Waals surface area (Å²) >= 11 is 0. The van der Waals surface area contributed by atoms with Crippen molar-refractivity contribution >= 4 is 12.4 Å². The number of aromatic hydroxyl groups is 2. The largest absolute Gasteiger partial charge is 0.504 e. The van der Waals surface area contributed by atoms with Gasteiger partial charge < -0.3 is 19.7 Å². The summed E-state index contributed by atoms with van der Waals surface area (Å²) in [6.45, 7) is 0. The first-order valence-electron chi connectivity index (χ1n) is 12.6. The highest BCUT2D eigenvalue weighted by Crippen LogP contribution is 2.54. The molecule has 0 spiro atoms. The van der Waals surface area contributed by atoms with Crippen molar-refractivity contribution in [1.82, 2.24) is 0 Å². The summed E-state index contributed by atoms with van der Waals surface area (Å²) in [7, 11) is 3.06. The summed E-state index contributed by atoms with van der Waals surface area (Å²) in [6.07, 6.45) is 3.44. The predicted molar refractivity (Wildman–Crippen MR) is 149 cm³/mol. The van der Waals surface area contributed by atoms with Crippen LogP contribution in [0.4, 0.5) is 0 Å². The first-order valence-corrected chi connectivity index (χ1v) is 12.6. The Hall–Kier alpha value is -4.58. The standard InChI is InChI=1S/C32H28N2O4/c1-37-25-15-7-9-19(31(25)35)17-33-29-27-21-11-3-5-13-23(21)28(24-14-6-4-12-22(24)27)30(29)34-18-20-10-8-16-26(38-2)32(20)36/h3-18,27-30,35-36H,1-2H3. The van der Waals surface area contributed by atoms with E-state index in [-0.39, 0.29) is 35.4 Å². The van der Waals surface area contributed by atoms with Crippen molar-refractivity contribution in [2.45, 2.75) is 23.9 Å². The highest BCUT2D eigenvalue weighted by Gasteiger charge is 2.49. The number of nitrogens with zero attached hydrogens (tertiary/aromatic N) is 2. The maximum absolute atomic E-state index is 10.7. The van der Waals surface area contributed by atoms with Gasteiger partial charge in [-0.2, -0.15) is 0 Å². The Morgan fingerprint density at radius 1 is 0.553 bits per heavy atom. The minimum absolute atomic E-state index is 0.00235. The smallest absolute Gasteiger partial charge is 0.166 e. The molecule has 2 N–H and O–H groups in total. The first kappa shape index (κ1) is 23.8. The monoisotopic (exact) mass is 504 g/mol. The lowest BCUT2D eigenvalue weighted by Crippen LogP contribution is -2.45. The number of hydrogen-bond donors (Lipinski definition) is 2. The van der Waals surface area contributed by atoms with E-state index in [1.165, 1.54) is 36.5 Å². The Balaban J connectivity index is 1.50. The molecule has 0 heterocycles. The van der Waals surface area contributed by atoms with Gasteiger partial charge in [0, 0.05) is 35.4 Å². The number of methoxy groups -OCH3 is 2. The Morgan fingerprint density at radius 3 is 1.26 bits per heavy atom. The number of fused-ring (bicyclic) bond motifs is 1. The maximum atomic E-state index is 10.7. The summed E-state index contributed by atoms with van der Waals surface area (Å²) in [6, 6.07) is 27.3. The fourth-order valence-electron chi connectivity index (χ4n) is 5.92. The van der Waals surface area contributed by atoms with Crippen LogP contribution in [-0.2, 0) is 0 Å². The molecule has 2 bridgehead atoms. The Bertz CT molecular complexity index is 1400. The van der Waals surface area contributed by atoms with Gasteiger partial charge in [-0.3, -0.25) is 9.98 Å². The fraction of sp³-hybridized carbons (Fsp3) is 0.188. The Labute approximate surface area is 221 Å². The highest BCUT2D eigenvalue weighted by atomic mass is 16.5. The first-order chi connectivity index (χ1) is 18.6. The second-order valence-corrected chi connectivity index (χ2v) is 9.55. The molecule has 3 aliphatic rings. The number of phenolic OH excluding ortho intramolecular Hbond substituents is 2. The van der Waals surface area contributed by atoms with Gasteiger partial charge in [0.15, 0.2) is 23.0 Å². The van der Waals surface area contributed by atoms with Crippen molar-refractivity contribution in [2.75, 3.05) is 14.2 Å². The topological polar surface area (TPSA) is 83.6 Å². The van der Waals surface area contributed by atoms with E-state index in [9.17, 15) is 10.2 Å². The summed E-state index contributed by atoms with van der Waals surface area (Å²) in [5, 5.41) is 21.4. The van der Waals surface area contributed by atoms with Gasteiger partial charge in [0.1, 0.15) is 0 Å². The van der Waals surface area contributed by atoms with E-state index in [2.05, 4.69) is 48.5 Å². The van der Waals surface area contributed by atoms with Crippen LogP contribution in [0.2, 0.25) is 0 Å². The molecule has 38 heavy (non-hydrogen) atoms. The lowest BCUT2D eigenvalue weighted by atomic mass is 9.59. The lowest BCUT2D eigenvalue weighted by molar-refractivity contribution is 0.372. The van der Waals surface area contributed by atoms with E-state index in [0.29, 0.717) is 22.6 Å². The zero-order chi connectivity index (χ0) is 26.2. The average Bonchev–Trinajstić information content (AvgIpc) is 2.96. The number of aliphatic imine (C=N–C) groups is 2. The van der Waals surface area contributed by atoms with Crippen molar-refractivity contribution in [3.63, 3.8) is 0 Å². The summed E-state index contributed by atoms with van der Waals surface area (Å²) in [4.78, 5) is 10.2. The van der Waals surface area contributed by atoms with Crippen molar-refractivity contribution < 1.29 is 19.7 Å². The molecular weight excluding hydrogens is 476 g/mol. The van der Waals surface area contributed by atoms with Gasteiger partial charge in [0.25, 0.3) is 0 Å². The van der Waals surface area contributed by atoms with Crippen LogP contribution in [0.25, 0.3) is 0 Å². The maximum Gasteiger partial charge on any atom is 0.166 e. The van der Waals surface area contributed by atoms with Crippen LogP contribution in [-0.4, -0.2) is 48.9 Å². The molecule has 0 aromatic heterocycles. The fourth-order valence-corrected chi connectivity index (χ4v) is 5.92. The second-order valence-electron chi connectivity index (χ2n) is 9.55. The van der Waals surface area contributed by atoms with Crippen LogP contribution in [0.5, 0.6) is 23.0 Å². The molecule has 0 saturated heterocycles. The van der Waals surface area contributed by atoms with Crippen molar-refractivity contribution in [2.24, 2.45) is 9.98 Å². The number of phenols is 2. The van der Waals surface area contributed by atoms with E-state index in [0.717, 1.165) is 0 Å². The minimum Gasteiger partial charge on any atom is -0.504 e. The molecule has 6 heteroatoms. The lowest BCUT2D eigenvalue weighted by Gasteiger charge is -2.47. The molecule has 4 aromatic rings. The summed E-state index contributed by atoms with van der Waals surface area (Å²) in [5.74, 6) is 0.911. The second kappa shape index (κ2) is 9.71. The minimum atomic E-state index is -0.223. The van der Waals surface area contributed by atoms with Crippen molar-refractivity contribution in [3.05, 3.63) is 118 Å². The molecule has 3 aliphatic carbocycles. The van der Waals surface area contributed by atoms with Crippen molar-refractivity contribution in [3.8, 4) is 23.0 Å². The molecule has 0 radical (unpaired) electrons. The molecular formula is C32H28N2O4. The van der Waals surface area contributed by atoms with Gasteiger partial charge in [-0.25, -0.2) is 0 Å². The SMILES string of the molecule is COc1cccc(C=NC2C3c4ccccc4C(c4ccccc43)C2N=Cc2cccc(OC)c2O)c1O. The predicted octanol–water partition coefficient (Wildman–Crippen LogP) is 5.68. The number of ether oxygens (including phenoxy) is 2. The van der Waals surface area contributed by atoms with Gasteiger partial charge in [0.05, 0.1) is 26.3 Å². The van der Waals surface area contributed by atoms with E-state index in [4.69, 9.17) is 19.5 Å². The van der Waals surface area contributed by atoms with Gasteiger partial charge in [-0.1, -0.05) is 60.7 Å². The van der Waals surface area contributed by atoms with Gasteiger partial charge in [-0.15, -0.1) is 0 Å². The quantitative estimate of drug-likeness (QED) is 0.331. The van der Waals surface area contributed by atoms with E-state index in [1.54, 1.807) is 24.6 Å². The molecule has 2 atom stereocenters. The zero-order valence-corrected chi connectivity index (χ0v) is 21.2. The van der Waals surface area contributed by atoms with E-state index >= 15 is 0 Å². The van der Waals surface area contributed by atoms with Gasteiger partial charge >= 0.3 is 0 Å². The number of para-hydroxylation sites is 2. The summed E-state index contributed by atoms with van der Waals surface area (Å²) in [5.41, 5.74) is 6.18. The van der Waals surface area contributed by atoms with Crippen LogP contribution in [0.1, 0.15) is 45.2 Å². The van der Waals surface area contributed by atoms with E-state index in [1.807, 2.05) is 24.3 Å². The molecule has 0 fully saturated rings. The third-order valence-electron chi connectivity index (χ3n) is 7.64. The molecule has 190 valence electrons. The number of rotatable bonds is 6. The summed E-state index contributed by atoms with van der Waals surface area (Å²) < 4.78 is 10.6. The van der Waals surface area contributed by atoms with Gasteiger partial charge in [0.2, 0.25) is 0 Å². The number of benzene rings is 4. The van der Waals surface area contributed by atoms with Gasteiger partial charge in [-0.05, 0) is 46.5 Å². The molecule has 4 aromatic carbocycles. The van der Waals surface area contributed by atoms with Crippen LogP contribution >= 0.6 is 0 Å². The number of hydrogen-bond acceptors (Lipinski definition) is 6. The van der Waals surface area contributed by atoms with Crippen LogP contribution < -0.4 is 9.47 Å². The normalized spacial score (nSPS) is 21.4. The van der Waals surface area contributed by atoms with Crippen LogP contribution in [0.3, 0.4) is 0 Å². The molecule has 0 aliphatic heterocycles. The highest BCUT2D eigenvalue weighted by molar-refractivity contribution is 5.86. The molecule has 0 saturated carbocycles. The molecule has 0 amide bonds. The Kier molecular flexibility index (Phi) is 6.08. The Morgan fingerprint density at radius 2 is 0.921 bits per heavy atom. The third kappa shape index (κ3) is 3.80. The zero-order valence-electron chi connectivity index (χ0n) is 21.2. The van der Waals surface area contributed by atoms with E-state index < -0.39 is 0 Å². The van der Waals surface area contributed by atoms with Crippen LogP contribution in [0.15, 0.2) is 94.9 Å². The third-order valence-corrected chi connectivity index (χ3v) is 7.64. The average molecular weight is 505 g/mol. The molecule has 6 nitrogen and oxygen atoms in total.